The number of hydrogen-bond donors (Lipinski definition) is 1. The topological polar surface area (TPSA) is 134 Å². The number of primary sulfonamides is 1. The van der Waals surface area contributed by atoms with Crippen LogP contribution in [0.3, 0.4) is 0 Å². The molecule has 0 radical (unpaired) electrons. The quantitative estimate of drug-likeness (QED) is 0.360. The van der Waals surface area contributed by atoms with Crippen LogP contribution in [-0.4, -0.2) is 44.9 Å². The van der Waals surface area contributed by atoms with E-state index in [0.717, 1.165) is 4.68 Å². The van der Waals surface area contributed by atoms with Crippen molar-refractivity contribution in [3.63, 3.8) is 0 Å². The molecule has 13 heteroatoms. The Balaban J connectivity index is 1.73. The molecule has 10 nitrogen and oxygen atoms in total. The van der Waals surface area contributed by atoms with Crippen LogP contribution in [0.2, 0.25) is 0 Å². The number of ether oxygens (including phenoxy) is 2. The fraction of sp³-hybridized carbons (Fsp3) is 0.160. The Hall–Kier alpha value is -4.36. The van der Waals surface area contributed by atoms with E-state index in [1.54, 1.807) is 12.1 Å². The number of rotatable bonds is 8. The maximum atomic E-state index is 13.3. The van der Waals surface area contributed by atoms with Crippen LogP contribution in [0.1, 0.15) is 0 Å². The Bertz CT molecular complexity index is 1660. The third-order valence-electron chi connectivity index (χ3n) is 5.73. The SMILES string of the molecule is COc1ccc2c(-c3ccc(S(N)(=O)=O)cc3)nn(CC(=O)N(C)c3ccc(OC(F)F)cc3)c(=O)c2c1. The lowest BCUT2D eigenvalue weighted by Gasteiger charge is -2.19. The maximum Gasteiger partial charge on any atom is 0.387 e. The molecule has 1 aromatic heterocycles. The van der Waals surface area contributed by atoms with E-state index in [-0.39, 0.29) is 16.0 Å². The highest BCUT2D eigenvalue weighted by Crippen LogP contribution is 2.28. The first-order valence-corrected chi connectivity index (χ1v) is 12.6. The monoisotopic (exact) mass is 544 g/mol. The van der Waals surface area contributed by atoms with Crippen LogP contribution >= 0.6 is 0 Å². The summed E-state index contributed by atoms with van der Waals surface area (Å²) in [5.41, 5.74) is 0.640. The molecule has 2 N–H and O–H groups in total. The molecule has 0 bridgehead atoms. The molecule has 1 heterocycles. The zero-order valence-electron chi connectivity index (χ0n) is 20.2. The molecule has 4 rings (SSSR count). The molecular weight excluding hydrogens is 522 g/mol. The molecule has 38 heavy (non-hydrogen) atoms. The fourth-order valence-corrected chi connectivity index (χ4v) is 4.26. The Morgan fingerprint density at radius 3 is 2.24 bits per heavy atom. The molecule has 1 amide bonds. The number of methoxy groups -OCH3 is 1. The molecule has 0 spiro atoms. The number of fused-ring (bicyclic) bond motifs is 1. The van der Waals surface area contributed by atoms with E-state index in [9.17, 15) is 26.8 Å². The van der Waals surface area contributed by atoms with Gasteiger partial charge in [0.2, 0.25) is 15.9 Å². The lowest BCUT2D eigenvalue weighted by molar-refractivity contribution is -0.119. The van der Waals surface area contributed by atoms with Crippen molar-refractivity contribution in [1.29, 1.82) is 0 Å². The Morgan fingerprint density at radius 2 is 1.66 bits per heavy atom. The van der Waals surface area contributed by atoms with Gasteiger partial charge in [-0.3, -0.25) is 9.59 Å². The highest BCUT2D eigenvalue weighted by atomic mass is 32.2. The summed E-state index contributed by atoms with van der Waals surface area (Å²) in [5, 5.41) is 10.3. The molecule has 0 saturated heterocycles. The molecule has 0 aliphatic rings. The van der Waals surface area contributed by atoms with Gasteiger partial charge in [0.1, 0.15) is 18.0 Å². The Morgan fingerprint density at radius 1 is 1.03 bits per heavy atom. The van der Waals surface area contributed by atoms with E-state index in [0.29, 0.717) is 28.1 Å². The molecular formula is C25H22F2N4O6S. The number of hydrogen-bond acceptors (Lipinski definition) is 7. The second-order valence-electron chi connectivity index (χ2n) is 8.12. The van der Waals surface area contributed by atoms with Crippen molar-refractivity contribution in [3.8, 4) is 22.8 Å². The van der Waals surface area contributed by atoms with Crippen molar-refractivity contribution >= 4 is 32.4 Å². The highest BCUT2D eigenvalue weighted by Gasteiger charge is 2.19. The molecule has 0 aliphatic heterocycles. The van der Waals surface area contributed by atoms with Crippen LogP contribution in [0.25, 0.3) is 22.0 Å². The molecule has 4 aromatic rings. The Labute approximate surface area is 215 Å². The minimum absolute atomic E-state index is 0.0657. The van der Waals surface area contributed by atoms with Crippen molar-refractivity contribution in [2.45, 2.75) is 18.1 Å². The van der Waals surface area contributed by atoms with E-state index in [2.05, 4.69) is 9.84 Å². The summed E-state index contributed by atoms with van der Waals surface area (Å²) in [5.74, 6) is -0.165. The summed E-state index contributed by atoms with van der Waals surface area (Å²) in [6, 6.07) is 15.9. The zero-order chi connectivity index (χ0) is 27.6. The number of halogens is 2. The third kappa shape index (κ3) is 5.63. The first-order valence-electron chi connectivity index (χ1n) is 11.0. The first kappa shape index (κ1) is 26.7. The number of amides is 1. The third-order valence-corrected chi connectivity index (χ3v) is 6.66. The van der Waals surface area contributed by atoms with Gasteiger partial charge in [-0.25, -0.2) is 18.2 Å². The minimum Gasteiger partial charge on any atom is -0.497 e. The predicted molar refractivity (Wildman–Crippen MR) is 136 cm³/mol. The smallest absolute Gasteiger partial charge is 0.387 e. The summed E-state index contributed by atoms with van der Waals surface area (Å²) in [7, 11) is -1.00. The van der Waals surface area contributed by atoms with Crippen LogP contribution in [0.4, 0.5) is 14.5 Å². The van der Waals surface area contributed by atoms with E-state index in [1.165, 1.54) is 73.7 Å². The van der Waals surface area contributed by atoms with Gasteiger partial charge in [0.05, 0.1) is 23.1 Å². The average molecular weight is 545 g/mol. The number of nitrogens with two attached hydrogens (primary N) is 1. The van der Waals surface area contributed by atoms with E-state index in [1.807, 2.05) is 0 Å². The van der Waals surface area contributed by atoms with Gasteiger partial charge in [-0.1, -0.05) is 12.1 Å². The first-order chi connectivity index (χ1) is 18.0. The standard InChI is InChI=1S/C25H22F2N4O6S/c1-30(16-5-7-17(8-6-16)37-25(26)27)22(32)14-31-24(33)21-13-18(36-2)9-12-20(21)23(29-31)15-3-10-19(11-4-15)38(28,34)35/h3-13,25H,14H2,1-2H3,(H2,28,34,35). The maximum absolute atomic E-state index is 13.3. The number of likely N-dealkylation sites (N-methyl/N-ethyl adjacent to an activating group) is 1. The van der Waals surface area contributed by atoms with Crippen LogP contribution in [0.15, 0.2) is 76.4 Å². The van der Waals surface area contributed by atoms with Crippen molar-refractivity contribution < 1.29 is 31.5 Å². The summed E-state index contributed by atoms with van der Waals surface area (Å²) in [6.07, 6.45) is 0. The van der Waals surface area contributed by atoms with Gasteiger partial charge in [0, 0.05) is 23.7 Å². The van der Waals surface area contributed by atoms with Crippen LogP contribution in [0, 0.1) is 0 Å². The molecule has 0 saturated carbocycles. The van der Waals surface area contributed by atoms with Crippen LogP contribution < -0.4 is 25.1 Å². The fourth-order valence-electron chi connectivity index (χ4n) is 3.75. The normalized spacial score (nSPS) is 11.5. The number of nitrogens with zero attached hydrogens (tertiary/aromatic N) is 3. The molecule has 0 fully saturated rings. The van der Waals surface area contributed by atoms with Gasteiger partial charge < -0.3 is 14.4 Å². The summed E-state index contributed by atoms with van der Waals surface area (Å²) in [4.78, 5) is 27.5. The van der Waals surface area contributed by atoms with Crippen molar-refractivity contribution in [3.05, 3.63) is 77.1 Å². The molecule has 0 atom stereocenters. The van der Waals surface area contributed by atoms with Crippen molar-refractivity contribution in [2.75, 3.05) is 19.1 Å². The van der Waals surface area contributed by atoms with Gasteiger partial charge in [-0.15, -0.1) is 0 Å². The van der Waals surface area contributed by atoms with Gasteiger partial charge in [0.15, 0.2) is 0 Å². The molecule has 198 valence electrons. The van der Waals surface area contributed by atoms with Gasteiger partial charge in [-0.05, 0) is 54.6 Å². The van der Waals surface area contributed by atoms with Gasteiger partial charge in [-0.2, -0.15) is 13.9 Å². The lowest BCUT2D eigenvalue weighted by Crippen LogP contribution is -2.35. The summed E-state index contributed by atoms with van der Waals surface area (Å²) < 4.78 is 58.7. The van der Waals surface area contributed by atoms with E-state index >= 15 is 0 Å². The average Bonchev–Trinajstić information content (AvgIpc) is 2.89. The van der Waals surface area contributed by atoms with E-state index < -0.39 is 34.6 Å². The van der Waals surface area contributed by atoms with Crippen LogP contribution in [-0.2, 0) is 21.4 Å². The highest BCUT2D eigenvalue weighted by molar-refractivity contribution is 7.89. The lowest BCUT2D eigenvalue weighted by atomic mass is 10.0. The number of anilines is 1. The molecule has 3 aromatic carbocycles. The largest absolute Gasteiger partial charge is 0.497 e. The molecule has 0 aliphatic carbocycles. The number of alkyl halides is 2. The summed E-state index contributed by atoms with van der Waals surface area (Å²) in [6.45, 7) is -3.42. The Kier molecular flexibility index (Phi) is 7.41. The second kappa shape index (κ2) is 10.6. The minimum atomic E-state index is -3.92. The number of aromatic nitrogens is 2. The number of carbonyl (C=O) groups is 1. The van der Waals surface area contributed by atoms with Gasteiger partial charge in [0.25, 0.3) is 5.56 Å². The second-order valence-corrected chi connectivity index (χ2v) is 9.68. The number of carbonyl (C=O) groups excluding carboxylic acids is 1. The number of benzene rings is 3. The predicted octanol–water partition coefficient (Wildman–Crippen LogP) is 2.98. The number of sulfonamides is 1. The van der Waals surface area contributed by atoms with Gasteiger partial charge >= 0.3 is 6.61 Å². The summed E-state index contributed by atoms with van der Waals surface area (Å²) >= 11 is 0. The van der Waals surface area contributed by atoms with Crippen LogP contribution in [0.5, 0.6) is 11.5 Å². The van der Waals surface area contributed by atoms with Crippen molar-refractivity contribution in [2.24, 2.45) is 5.14 Å². The van der Waals surface area contributed by atoms with Crippen molar-refractivity contribution in [1.82, 2.24) is 9.78 Å². The van der Waals surface area contributed by atoms with E-state index in [4.69, 9.17) is 9.88 Å². The zero-order valence-corrected chi connectivity index (χ0v) is 21.0. The molecule has 0 unspecified atom stereocenters.